The molecule has 5 aromatic rings. The molecular formula is C36H34ClN9O6. The summed E-state index contributed by atoms with van der Waals surface area (Å²) in [5.41, 5.74) is 3.43. The van der Waals surface area contributed by atoms with E-state index in [-0.39, 0.29) is 12.5 Å². The van der Waals surface area contributed by atoms with Gasteiger partial charge in [-0.25, -0.2) is 14.7 Å². The zero-order chi connectivity index (χ0) is 36.5. The second-order valence-electron chi connectivity index (χ2n) is 12.0. The lowest BCUT2D eigenvalue weighted by molar-refractivity contribution is -0.117. The second kappa shape index (κ2) is 16.6. The van der Waals surface area contributed by atoms with Crippen molar-refractivity contribution in [2.75, 3.05) is 25.5 Å². The van der Waals surface area contributed by atoms with Gasteiger partial charge in [0.05, 0.1) is 30.1 Å². The number of ether oxygens (including phenoxy) is 2. The first kappa shape index (κ1) is 35.5. The Bertz CT molecular complexity index is 2110. The van der Waals surface area contributed by atoms with Crippen molar-refractivity contribution in [3.05, 3.63) is 123 Å². The van der Waals surface area contributed by atoms with Crippen LogP contribution < -0.4 is 16.2 Å². The van der Waals surface area contributed by atoms with Gasteiger partial charge in [0, 0.05) is 35.4 Å². The molecule has 52 heavy (non-hydrogen) atoms. The molecule has 1 aliphatic rings. The normalized spacial score (nSPS) is 14.6. The smallest absolute Gasteiger partial charge is 0.411 e. The zero-order valence-electron chi connectivity index (χ0n) is 27.9. The highest BCUT2D eigenvalue weighted by Gasteiger charge is 2.31. The van der Waals surface area contributed by atoms with E-state index in [1.807, 2.05) is 30.3 Å². The SMILES string of the molecule is COC(=O)Nc1ccc(-c2cc([C@H](CC3CCN(C(=O)OCc4ccccc4)C3)NC(=O)C=Cc3cc(Cl)ccc3-n3cnnn3)n[nH]c2=O)cc1. The molecule has 0 saturated carbocycles. The number of hydrogen-bond donors (Lipinski definition) is 3. The second-order valence-corrected chi connectivity index (χ2v) is 12.4. The van der Waals surface area contributed by atoms with Crippen LogP contribution in [0.15, 0.2) is 96.1 Å². The van der Waals surface area contributed by atoms with Crippen LogP contribution in [0.3, 0.4) is 0 Å². The number of tetrazole rings is 1. The monoisotopic (exact) mass is 723 g/mol. The van der Waals surface area contributed by atoms with Crippen LogP contribution in [0.1, 0.15) is 35.7 Å². The summed E-state index contributed by atoms with van der Waals surface area (Å²) in [4.78, 5) is 52.7. The molecule has 2 aromatic heterocycles. The number of anilines is 1. The first-order chi connectivity index (χ1) is 25.2. The highest BCUT2D eigenvalue weighted by atomic mass is 35.5. The molecule has 3 N–H and O–H groups in total. The fourth-order valence-electron chi connectivity index (χ4n) is 5.83. The molecular weight excluding hydrogens is 690 g/mol. The number of amides is 3. The Morgan fingerprint density at radius 1 is 1.08 bits per heavy atom. The van der Waals surface area contributed by atoms with Crippen LogP contribution in [-0.2, 0) is 20.9 Å². The van der Waals surface area contributed by atoms with Gasteiger partial charge in [0.25, 0.3) is 5.56 Å². The van der Waals surface area contributed by atoms with E-state index >= 15 is 0 Å². The van der Waals surface area contributed by atoms with Gasteiger partial charge < -0.3 is 19.7 Å². The molecule has 1 fully saturated rings. The van der Waals surface area contributed by atoms with E-state index in [2.05, 4.69) is 41.1 Å². The van der Waals surface area contributed by atoms with Crippen molar-refractivity contribution in [3.63, 3.8) is 0 Å². The lowest BCUT2D eigenvalue weighted by Crippen LogP contribution is -2.32. The Morgan fingerprint density at radius 3 is 2.63 bits per heavy atom. The number of aromatic nitrogens is 6. The van der Waals surface area contributed by atoms with Crippen LogP contribution in [0.2, 0.25) is 5.02 Å². The third-order valence-electron chi connectivity index (χ3n) is 8.44. The molecule has 1 saturated heterocycles. The number of nitrogens with zero attached hydrogens (tertiary/aromatic N) is 6. The van der Waals surface area contributed by atoms with Gasteiger partial charge >= 0.3 is 12.2 Å². The summed E-state index contributed by atoms with van der Waals surface area (Å²) in [6.45, 7) is 1.07. The quantitative estimate of drug-likeness (QED) is 0.154. The van der Waals surface area contributed by atoms with E-state index in [1.165, 1.54) is 24.2 Å². The third-order valence-corrected chi connectivity index (χ3v) is 8.68. The van der Waals surface area contributed by atoms with E-state index < -0.39 is 29.7 Å². The molecule has 3 heterocycles. The Balaban J connectivity index is 1.22. The molecule has 2 atom stereocenters. The number of hydrogen-bond acceptors (Lipinski definition) is 10. The molecule has 16 heteroatoms. The molecule has 0 spiro atoms. The summed E-state index contributed by atoms with van der Waals surface area (Å²) in [6, 6.07) is 22.2. The maximum Gasteiger partial charge on any atom is 0.411 e. The molecule has 1 aliphatic heterocycles. The van der Waals surface area contributed by atoms with Gasteiger partial charge in [-0.1, -0.05) is 54.1 Å². The van der Waals surface area contributed by atoms with E-state index in [0.717, 1.165) is 5.56 Å². The van der Waals surface area contributed by atoms with Gasteiger partial charge in [0.1, 0.15) is 12.9 Å². The van der Waals surface area contributed by atoms with E-state index in [9.17, 15) is 19.2 Å². The minimum atomic E-state index is -0.656. The molecule has 3 aromatic carbocycles. The summed E-state index contributed by atoms with van der Waals surface area (Å²) in [7, 11) is 1.26. The number of carbonyl (C=O) groups is 3. The number of nitrogens with one attached hydrogen (secondary N) is 3. The summed E-state index contributed by atoms with van der Waals surface area (Å²) in [5.74, 6) is -0.448. The molecule has 266 valence electrons. The number of likely N-dealkylation sites (tertiary alicyclic amines) is 1. The minimum Gasteiger partial charge on any atom is -0.453 e. The first-order valence-electron chi connectivity index (χ1n) is 16.3. The Kier molecular flexibility index (Phi) is 11.3. The Labute approximate surface area is 302 Å². The lowest BCUT2D eigenvalue weighted by atomic mass is 9.95. The van der Waals surface area contributed by atoms with Crippen molar-refractivity contribution in [2.45, 2.75) is 25.5 Å². The molecule has 15 nitrogen and oxygen atoms in total. The van der Waals surface area contributed by atoms with E-state index in [4.69, 9.17) is 16.3 Å². The highest BCUT2D eigenvalue weighted by molar-refractivity contribution is 6.30. The van der Waals surface area contributed by atoms with Crippen molar-refractivity contribution in [3.8, 4) is 16.8 Å². The first-order valence-corrected chi connectivity index (χ1v) is 16.7. The summed E-state index contributed by atoms with van der Waals surface area (Å²) in [5, 5.41) is 24.3. The average Bonchev–Trinajstić information content (AvgIpc) is 3.87. The molecule has 0 bridgehead atoms. The predicted octanol–water partition coefficient (Wildman–Crippen LogP) is 5.16. The fraction of sp³-hybridized carbons (Fsp3) is 0.222. The Morgan fingerprint density at radius 2 is 1.88 bits per heavy atom. The Hall–Kier alpha value is -6.35. The van der Waals surface area contributed by atoms with Gasteiger partial charge in [0.15, 0.2) is 0 Å². The summed E-state index contributed by atoms with van der Waals surface area (Å²) >= 11 is 6.26. The van der Waals surface area contributed by atoms with E-state index in [0.29, 0.717) is 64.7 Å². The molecule has 6 rings (SSSR count). The van der Waals surface area contributed by atoms with Crippen LogP contribution >= 0.6 is 11.6 Å². The van der Waals surface area contributed by atoms with Crippen molar-refractivity contribution in [2.24, 2.45) is 5.92 Å². The third kappa shape index (κ3) is 9.05. The van der Waals surface area contributed by atoms with E-state index in [1.54, 1.807) is 59.5 Å². The van der Waals surface area contributed by atoms with Gasteiger partial charge in [-0.15, -0.1) is 5.10 Å². The number of halogens is 1. The van der Waals surface area contributed by atoms with Gasteiger partial charge in [-0.3, -0.25) is 14.9 Å². The summed E-state index contributed by atoms with van der Waals surface area (Å²) in [6.07, 6.45) is 4.45. The fourth-order valence-corrected chi connectivity index (χ4v) is 6.01. The van der Waals surface area contributed by atoms with Gasteiger partial charge in [-0.2, -0.15) is 9.78 Å². The van der Waals surface area contributed by atoms with Crippen molar-refractivity contribution >= 4 is 41.5 Å². The van der Waals surface area contributed by atoms with Crippen molar-refractivity contribution in [1.82, 2.24) is 40.6 Å². The predicted molar refractivity (Wildman–Crippen MR) is 191 cm³/mol. The maximum atomic E-state index is 13.5. The largest absolute Gasteiger partial charge is 0.453 e. The van der Waals surface area contributed by atoms with Gasteiger partial charge in [-0.05, 0) is 82.8 Å². The topological polar surface area (TPSA) is 186 Å². The number of aromatic amines is 1. The van der Waals surface area contributed by atoms with Crippen molar-refractivity contribution < 1.29 is 23.9 Å². The number of carbonyl (C=O) groups excluding carboxylic acids is 3. The molecule has 3 amide bonds. The maximum absolute atomic E-state index is 13.5. The zero-order valence-corrected chi connectivity index (χ0v) is 28.7. The van der Waals surface area contributed by atoms with Crippen LogP contribution in [0.4, 0.5) is 15.3 Å². The molecule has 0 aliphatic carbocycles. The standard InChI is InChI=1S/C36H34ClN9O6/c1-51-35(49)39-28-11-7-25(8-12-28)29-19-31(41-42-34(29)48)30(17-24-15-16-45(20-24)36(50)52-21-23-5-3-2-4-6-23)40-33(47)14-9-26-18-27(37)10-13-32(26)46-22-38-43-44-46/h2-14,18-19,22,24,30H,15-17,20-21H2,1H3,(H,39,49)(H,40,47)(H,42,48)/t24?,30-/m0/s1. The minimum absolute atomic E-state index is 0.0150. The van der Waals surface area contributed by atoms with Crippen LogP contribution in [0, 0.1) is 5.92 Å². The van der Waals surface area contributed by atoms with Crippen molar-refractivity contribution in [1.29, 1.82) is 0 Å². The van der Waals surface area contributed by atoms with Crippen LogP contribution in [0.25, 0.3) is 22.9 Å². The highest BCUT2D eigenvalue weighted by Crippen LogP contribution is 2.29. The summed E-state index contributed by atoms with van der Waals surface area (Å²) < 4.78 is 11.6. The van der Waals surface area contributed by atoms with Crippen LogP contribution in [-0.4, -0.2) is 73.6 Å². The van der Waals surface area contributed by atoms with Gasteiger partial charge in [0.2, 0.25) is 5.91 Å². The number of rotatable bonds is 11. The number of benzene rings is 3. The number of H-pyrrole nitrogens is 1. The average molecular weight is 724 g/mol. The number of methoxy groups -OCH3 is 1. The van der Waals surface area contributed by atoms with Crippen LogP contribution in [0.5, 0.6) is 0 Å². The molecule has 0 radical (unpaired) electrons. The lowest BCUT2D eigenvalue weighted by Gasteiger charge is -2.22. The molecule has 1 unspecified atom stereocenters.